The zero-order valence-electron chi connectivity index (χ0n) is 18.0. The van der Waals surface area contributed by atoms with Crippen LogP contribution in [0.15, 0.2) is 29.8 Å². The summed E-state index contributed by atoms with van der Waals surface area (Å²) in [6.45, 7) is 2.01. The van der Waals surface area contributed by atoms with E-state index in [1.165, 1.54) is 28.5 Å². The highest BCUT2D eigenvalue weighted by Crippen LogP contribution is 2.40. The topological polar surface area (TPSA) is 73.8 Å². The summed E-state index contributed by atoms with van der Waals surface area (Å²) in [5.74, 6) is -0.979. The Morgan fingerprint density at radius 2 is 1.89 bits per heavy atom. The lowest BCUT2D eigenvalue weighted by molar-refractivity contribution is -0.137. The molecule has 1 aromatic carbocycles. The molecule has 2 aliphatic rings. The molecule has 7 nitrogen and oxygen atoms in total. The van der Waals surface area contributed by atoms with Crippen LogP contribution in [0.1, 0.15) is 31.5 Å². The van der Waals surface area contributed by atoms with Gasteiger partial charge in [-0.05, 0) is 12.1 Å². The largest absolute Gasteiger partial charge is 0.416 e. The Balaban J connectivity index is 1.23. The van der Waals surface area contributed by atoms with Crippen LogP contribution in [0.3, 0.4) is 0 Å². The van der Waals surface area contributed by atoms with E-state index in [0.29, 0.717) is 36.3 Å². The first-order valence-electron chi connectivity index (χ1n) is 10.7. The van der Waals surface area contributed by atoms with Crippen molar-refractivity contribution in [1.29, 1.82) is 0 Å². The fourth-order valence-corrected chi connectivity index (χ4v) is 6.34. The molecular weight excluding hydrogens is 525 g/mol. The van der Waals surface area contributed by atoms with E-state index in [4.69, 9.17) is 11.6 Å². The Bertz CT molecular complexity index is 1310. The maximum atomic E-state index is 13.0. The van der Waals surface area contributed by atoms with Gasteiger partial charge in [0.1, 0.15) is 4.88 Å². The number of hydrogen-bond acceptors (Lipinski definition) is 7. The van der Waals surface area contributed by atoms with Gasteiger partial charge in [0.15, 0.2) is 5.01 Å². The molecule has 0 atom stereocenters. The first kappa shape index (κ1) is 24.2. The van der Waals surface area contributed by atoms with E-state index in [2.05, 4.69) is 9.88 Å². The van der Waals surface area contributed by atoms with Crippen LogP contribution < -0.4 is 0 Å². The van der Waals surface area contributed by atoms with Crippen LogP contribution in [0.2, 0.25) is 5.02 Å². The lowest BCUT2D eigenvalue weighted by atomic mass is 10.1. The van der Waals surface area contributed by atoms with Gasteiger partial charge in [0, 0.05) is 66.8 Å². The van der Waals surface area contributed by atoms with E-state index in [-0.39, 0.29) is 45.7 Å². The third-order valence-electron chi connectivity index (χ3n) is 6.20. The van der Waals surface area contributed by atoms with Crippen molar-refractivity contribution in [2.75, 3.05) is 32.7 Å². The Morgan fingerprint density at radius 3 is 2.57 bits per heavy atom. The van der Waals surface area contributed by atoms with E-state index >= 15 is 0 Å². The van der Waals surface area contributed by atoms with Crippen LogP contribution >= 0.6 is 34.3 Å². The van der Waals surface area contributed by atoms with Crippen LogP contribution in [0, 0.1) is 0 Å². The summed E-state index contributed by atoms with van der Waals surface area (Å²) in [6.07, 6.45) is -2.77. The number of amides is 3. The number of halogens is 4. The van der Waals surface area contributed by atoms with Crippen molar-refractivity contribution >= 4 is 62.1 Å². The molecule has 13 heteroatoms. The van der Waals surface area contributed by atoms with Crippen molar-refractivity contribution in [1.82, 2.24) is 19.7 Å². The summed E-state index contributed by atoms with van der Waals surface area (Å²) in [5.41, 5.74) is -0.788. The molecule has 0 unspecified atom stereocenters. The Labute approximate surface area is 210 Å². The van der Waals surface area contributed by atoms with Crippen LogP contribution in [0.25, 0.3) is 10.1 Å². The number of aromatic nitrogens is 1. The van der Waals surface area contributed by atoms with Crippen molar-refractivity contribution in [3.63, 3.8) is 0 Å². The standard InChI is InChI=1S/C22H18ClF3N4O3S2/c23-17-14-2-1-12(22(24,25)26)9-15(14)35-18(17)20(32)29-10-13(11-29)28-5-3-16(31)30(7-6-28)21(33)19-27-4-8-34-19/h1-2,4,8-9,13H,3,5-7,10-11H2. The minimum atomic E-state index is -4.48. The zero-order chi connectivity index (χ0) is 24.9. The number of thiazole rings is 1. The molecule has 0 N–H and O–H groups in total. The molecule has 2 saturated heterocycles. The Morgan fingerprint density at radius 1 is 1.11 bits per heavy atom. The average Bonchev–Trinajstić information content (AvgIpc) is 3.38. The number of thiophene rings is 1. The van der Waals surface area contributed by atoms with Crippen molar-refractivity contribution in [2.24, 2.45) is 0 Å². The van der Waals surface area contributed by atoms with Crippen molar-refractivity contribution < 1.29 is 27.6 Å². The highest BCUT2D eigenvalue weighted by atomic mass is 35.5. The number of carbonyl (C=O) groups excluding carboxylic acids is 3. The lowest BCUT2D eigenvalue weighted by Gasteiger charge is -2.45. The molecule has 3 aromatic rings. The second kappa shape index (κ2) is 9.16. The molecule has 3 amide bonds. The highest BCUT2D eigenvalue weighted by molar-refractivity contribution is 7.21. The van der Waals surface area contributed by atoms with Gasteiger partial charge >= 0.3 is 6.18 Å². The highest BCUT2D eigenvalue weighted by Gasteiger charge is 2.39. The summed E-state index contributed by atoms with van der Waals surface area (Å²) in [6, 6.07) is 3.28. The van der Waals surface area contributed by atoms with Gasteiger partial charge in [0.25, 0.3) is 11.8 Å². The number of rotatable bonds is 3. The van der Waals surface area contributed by atoms with Crippen LogP contribution in [0.4, 0.5) is 13.2 Å². The maximum Gasteiger partial charge on any atom is 0.416 e. The molecule has 35 heavy (non-hydrogen) atoms. The predicted molar refractivity (Wildman–Crippen MR) is 126 cm³/mol. The molecule has 5 rings (SSSR count). The van der Waals surface area contributed by atoms with E-state index in [1.54, 1.807) is 10.3 Å². The molecular formula is C22H18ClF3N4O3S2. The summed E-state index contributed by atoms with van der Waals surface area (Å²) in [4.78, 5) is 47.2. The molecule has 2 fully saturated rings. The van der Waals surface area contributed by atoms with Gasteiger partial charge in [0.05, 0.1) is 10.6 Å². The fourth-order valence-electron chi connectivity index (χ4n) is 4.24. The van der Waals surface area contributed by atoms with Crippen LogP contribution in [0.5, 0.6) is 0 Å². The molecule has 0 saturated carbocycles. The zero-order valence-corrected chi connectivity index (χ0v) is 20.4. The summed E-state index contributed by atoms with van der Waals surface area (Å²) < 4.78 is 39.4. The Kier molecular flexibility index (Phi) is 6.32. The van der Waals surface area contributed by atoms with E-state index < -0.39 is 17.6 Å². The van der Waals surface area contributed by atoms with Crippen LogP contribution in [-0.2, 0) is 11.0 Å². The first-order valence-corrected chi connectivity index (χ1v) is 12.8. The Hall–Kier alpha value is -2.54. The quantitative estimate of drug-likeness (QED) is 0.463. The molecule has 0 radical (unpaired) electrons. The normalized spacial score (nSPS) is 18.1. The van der Waals surface area contributed by atoms with Gasteiger partial charge in [-0.1, -0.05) is 17.7 Å². The number of alkyl halides is 3. The molecule has 2 aromatic heterocycles. The second-order valence-corrected chi connectivity index (χ2v) is 10.6. The molecule has 0 spiro atoms. The number of imide groups is 1. The van der Waals surface area contributed by atoms with E-state index in [9.17, 15) is 27.6 Å². The molecule has 184 valence electrons. The summed E-state index contributed by atoms with van der Waals surface area (Å²) in [5, 5.41) is 2.53. The van der Waals surface area contributed by atoms with Crippen LogP contribution in [-0.4, -0.2) is 76.2 Å². The first-order chi connectivity index (χ1) is 16.6. The maximum absolute atomic E-state index is 13.0. The number of carbonyl (C=O) groups is 3. The van der Waals surface area contributed by atoms with Crippen molar-refractivity contribution in [3.05, 3.63) is 50.2 Å². The van der Waals surface area contributed by atoms with E-state index in [1.807, 2.05) is 0 Å². The number of benzene rings is 1. The summed E-state index contributed by atoms with van der Waals surface area (Å²) >= 11 is 8.48. The molecule has 0 aliphatic carbocycles. The van der Waals surface area contributed by atoms with Gasteiger partial charge in [-0.2, -0.15) is 13.2 Å². The van der Waals surface area contributed by atoms with E-state index in [0.717, 1.165) is 23.5 Å². The van der Waals surface area contributed by atoms with Gasteiger partial charge in [-0.25, -0.2) is 4.98 Å². The number of likely N-dealkylation sites (tertiary alicyclic amines) is 1. The summed E-state index contributed by atoms with van der Waals surface area (Å²) in [7, 11) is 0. The van der Waals surface area contributed by atoms with Gasteiger partial charge in [0.2, 0.25) is 5.91 Å². The minimum absolute atomic E-state index is 0.0200. The van der Waals surface area contributed by atoms with Gasteiger partial charge in [-0.3, -0.25) is 24.2 Å². The lowest BCUT2D eigenvalue weighted by Crippen LogP contribution is -2.61. The molecule has 4 heterocycles. The van der Waals surface area contributed by atoms with Gasteiger partial charge < -0.3 is 4.90 Å². The van der Waals surface area contributed by atoms with Crippen molar-refractivity contribution in [3.8, 4) is 0 Å². The average molecular weight is 543 g/mol. The van der Waals surface area contributed by atoms with Gasteiger partial charge in [-0.15, -0.1) is 22.7 Å². The second-order valence-electron chi connectivity index (χ2n) is 8.29. The fraction of sp³-hybridized carbons (Fsp3) is 0.364. The SMILES string of the molecule is O=C(c1sc2cc(C(F)(F)F)ccc2c1Cl)N1CC(N2CCC(=O)N(C(=O)c3nccs3)CC2)C1. The smallest absolute Gasteiger partial charge is 0.335 e. The monoisotopic (exact) mass is 542 g/mol. The number of fused-ring (bicyclic) bond motifs is 1. The number of nitrogens with zero attached hydrogens (tertiary/aromatic N) is 4. The minimum Gasteiger partial charge on any atom is -0.335 e. The molecule has 2 aliphatic heterocycles. The third kappa shape index (κ3) is 4.55. The van der Waals surface area contributed by atoms with Crippen molar-refractivity contribution in [2.45, 2.75) is 18.6 Å². The third-order valence-corrected chi connectivity index (χ3v) is 8.61. The predicted octanol–water partition coefficient (Wildman–Crippen LogP) is 4.23. The number of hydrogen-bond donors (Lipinski definition) is 0. The molecule has 0 bridgehead atoms.